The van der Waals surface area contributed by atoms with Crippen molar-refractivity contribution in [3.63, 3.8) is 0 Å². The van der Waals surface area contributed by atoms with Gasteiger partial charge in [-0.15, -0.1) is 0 Å². The molecule has 142 valence electrons. The highest BCUT2D eigenvalue weighted by atomic mass is 16.7. The minimum atomic E-state index is -0.541. The van der Waals surface area contributed by atoms with Crippen molar-refractivity contribution in [2.45, 2.75) is 32.9 Å². The van der Waals surface area contributed by atoms with Gasteiger partial charge in [-0.25, -0.2) is 4.79 Å². The van der Waals surface area contributed by atoms with Crippen molar-refractivity contribution >= 4 is 17.7 Å². The fourth-order valence-electron chi connectivity index (χ4n) is 2.44. The van der Waals surface area contributed by atoms with Crippen LogP contribution in [0.25, 0.3) is 0 Å². The summed E-state index contributed by atoms with van der Waals surface area (Å²) in [4.78, 5) is 24.0. The lowest BCUT2D eigenvalue weighted by atomic mass is 10.1. The van der Waals surface area contributed by atoms with Crippen molar-refractivity contribution in [1.29, 1.82) is 0 Å². The monoisotopic (exact) mass is 370 g/mol. The van der Waals surface area contributed by atoms with Gasteiger partial charge in [-0.05, 0) is 50.6 Å². The Balaban J connectivity index is 1.55. The van der Waals surface area contributed by atoms with E-state index in [1.165, 1.54) is 0 Å². The number of rotatable bonds is 4. The number of carbonyl (C=O) groups excluding carboxylic acids is 2. The molecule has 0 aliphatic carbocycles. The summed E-state index contributed by atoms with van der Waals surface area (Å²) in [7, 11) is 0. The summed E-state index contributed by atoms with van der Waals surface area (Å²) in [6, 6.07) is 12.2. The Morgan fingerprint density at radius 3 is 2.44 bits per heavy atom. The minimum absolute atomic E-state index is 0.186. The molecule has 1 aliphatic rings. The van der Waals surface area contributed by atoms with E-state index in [-0.39, 0.29) is 12.7 Å². The van der Waals surface area contributed by atoms with Crippen molar-refractivity contribution in [3.05, 3.63) is 53.6 Å². The Morgan fingerprint density at radius 2 is 1.74 bits per heavy atom. The van der Waals surface area contributed by atoms with Crippen LogP contribution >= 0.6 is 0 Å². The summed E-state index contributed by atoms with van der Waals surface area (Å²) in [6.07, 6.45) is -0.480. The molecule has 2 aromatic rings. The fraction of sp³-hybridized carbons (Fsp3) is 0.300. The van der Waals surface area contributed by atoms with Crippen LogP contribution in [0.5, 0.6) is 11.5 Å². The molecule has 2 amide bonds. The largest absolute Gasteiger partial charge is 0.454 e. The molecule has 0 saturated heterocycles. The van der Waals surface area contributed by atoms with Crippen molar-refractivity contribution < 1.29 is 23.8 Å². The molecule has 1 aliphatic heterocycles. The van der Waals surface area contributed by atoms with E-state index in [4.69, 9.17) is 14.2 Å². The Hall–Kier alpha value is -3.22. The van der Waals surface area contributed by atoms with Gasteiger partial charge in [-0.1, -0.05) is 12.1 Å². The maximum Gasteiger partial charge on any atom is 0.407 e. The van der Waals surface area contributed by atoms with Crippen LogP contribution in [-0.2, 0) is 11.3 Å². The number of ether oxygens (including phenoxy) is 3. The topological polar surface area (TPSA) is 85.9 Å². The molecule has 27 heavy (non-hydrogen) atoms. The summed E-state index contributed by atoms with van der Waals surface area (Å²) >= 11 is 0. The molecule has 0 spiro atoms. The van der Waals surface area contributed by atoms with Crippen LogP contribution in [0, 0.1) is 0 Å². The first-order valence-corrected chi connectivity index (χ1v) is 8.57. The van der Waals surface area contributed by atoms with Crippen molar-refractivity contribution in [2.24, 2.45) is 0 Å². The molecule has 7 heteroatoms. The SMILES string of the molecule is CC(C)(C)OC(=O)NCc1ccc(C(=O)Nc2ccc3c(c2)OCO3)cc1. The number of amides is 2. The van der Waals surface area contributed by atoms with Gasteiger partial charge in [-0.3, -0.25) is 4.79 Å². The summed E-state index contributed by atoms with van der Waals surface area (Å²) in [5, 5.41) is 5.50. The highest BCUT2D eigenvalue weighted by Crippen LogP contribution is 2.34. The molecule has 7 nitrogen and oxygen atoms in total. The number of hydrogen-bond donors (Lipinski definition) is 2. The maximum atomic E-state index is 12.4. The number of nitrogens with one attached hydrogen (secondary N) is 2. The number of fused-ring (bicyclic) bond motifs is 1. The average Bonchev–Trinajstić information content (AvgIpc) is 3.06. The van der Waals surface area contributed by atoms with Crippen LogP contribution in [0.15, 0.2) is 42.5 Å². The third-order valence-electron chi connectivity index (χ3n) is 3.68. The molecule has 0 radical (unpaired) electrons. The summed E-state index contributed by atoms with van der Waals surface area (Å²) in [5.41, 5.74) is 1.45. The van der Waals surface area contributed by atoms with Gasteiger partial charge in [0.1, 0.15) is 5.60 Å². The predicted molar refractivity (Wildman–Crippen MR) is 100 cm³/mol. The molecule has 0 aromatic heterocycles. The highest BCUT2D eigenvalue weighted by molar-refractivity contribution is 6.04. The predicted octanol–water partition coefficient (Wildman–Crippen LogP) is 3.69. The second kappa shape index (κ2) is 7.57. The number of anilines is 1. The first-order valence-electron chi connectivity index (χ1n) is 8.57. The lowest BCUT2D eigenvalue weighted by molar-refractivity contribution is 0.0523. The molecule has 0 atom stereocenters. The minimum Gasteiger partial charge on any atom is -0.454 e. The molecule has 2 aromatic carbocycles. The van der Waals surface area contributed by atoms with Gasteiger partial charge in [0.05, 0.1) is 0 Å². The van der Waals surface area contributed by atoms with E-state index in [9.17, 15) is 9.59 Å². The average molecular weight is 370 g/mol. The number of hydrogen-bond acceptors (Lipinski definition) is 5. The molecule has 0 bridgehead atoms. The zero-order valence-corrected chi connectivity index (χ0v) is 15.5. The van der Waals surface area contributed by atoms with Crippen LogP contribution < -0.4 is 20.1 Å². The smallest absolute Gasteiger partial charge is 0.407 e. The van der Waals surface area contributed by atoms with Crippen molar-refractivity contribution in [3.8, 4) is 11.5 Å². The molecular formula is C20H22N2O5. The van der Waals surface area contributed by atoms with E-state index in [0.29, 0.717) is 29.3 Å². The fourth-order valence-corrected chi connectivity index (χ4v) is 2.44. The Morgan fingerprint density at radius 1 is 1.04 bits per heavy atom. The second-order valence-corrected chi connectivity index (χ2v) is 7.07. The molecule has 0 fully saturated rings. The van der Waals surface area contributed by atoms with Crippen LogP contribution in [0.3, 0.4) is 0 Å². The molecule has 3 rings (SSSR count). The van der Waals surface area contributed by atoms with E-state index in [1.807, 2.05) is 0 Å². The van der Waals surface area contributed by atoms with Gasteiger partial charge in [0.2, 0.25) is 6.79 Å². The third kappa shape index (κ3) is 5.13. The van der Waals surface area contributed by atoms with Crippen LogP contribution in [0.1, 0.15) is 36.7 Å². The number of carbonyl (C=O) groups is 2. The molecule has 1 heterocycles. The van der Waals surface area contributed by atoms with Gasteiger partial charge < -0.3 is 24.8 Å². The van der Waals surface area contributed by atoms with Gasteiger partial charge in [0, 0.05) is 23.9 Å². The maximum absolute atomic E-state index is 12.4. The van der Waals surface area contributed by atoms with Gasteiger partial charge in [0.25, 0.3) is 5.91 Å². The van der Waals surface area contributed by atoms with Crippen LogP contribution in [-0.4, -0.2) is 24.4 Å². The zero-order valence-electron chi connectivity index (χ0n) is 15.5. The van der Waals surface area contributed by atoms with Gasteiger partial charge in [-0.2, -0.15) is 0 Å². The summed E-state index contributed by atoms with van der Waals surface area (Å²) < 4.78 is 15.7. The van der Waals surface area contributed by atoms with E-state index in [2.05, 4.69) is 10.6 Å². The Labute approximate surface area is 157 Å². The second-order valence-electron chi connectivity index (χ2n) is 7.07. The zero-order chi connectivity index (χ0) is 19.4. The first-order chi connectivity index (χ1) is 12.8. The number of benzene rings is 2. The normalized spacial score (nSPS) is 12.4. The van der Waals surface area contributed by atoms with Crippen molar-refractivity contribution in [1.82, 2.24) is 5.32 Å². The van der Waals surface area contributed by atoms with Crippen LogP contribution in [0.4, 0.5) is 10.5 Å². The Bertz CT molecular complexity index is 840. The van der Waals surface area contributed by atoms with E-state index in [1.54, 1.807) is 63.2 Å². The summed E-state index contributed by atoms with van der Waals surface area (Å²) in [5.74, 6) is 1.03. The van der Waals surface area contributed by atoms with Gasteiger partial charge in [0.15, 0.2) is 11.5 Å². The first kappa shape index (κ1) is 18.6. The lowest BCUT2D eigenvalue weighted by Gasteiger charge is -2.19. The van der Waals surface area contributed by atoms with Gasteiger partial charge >= 0.3 is 6.09 Å². The van der Waals surface area contributed by atoms with E-state index < -0.39 is 11.7 Å². The van der Waals surface area contributed by atoms with E-state index in [0.717, 1.165) is 5.56 Å². The quantitative estimate of drug-likeness (QED) is 0.857. The highest BCUT2D eigenvalue weighted by Gasteiger charge is 2.16. The Kier molecular flexibility index (Phi) is 5.21. The lowest BCUT2D eigenvalue weighted by Crippen LogP contribution is -2.32. The summed E-state index contributed by atoms with van der Waals surface area (Å²) in [6.45, 7) is 5.92. The standard InChI is InChI=1S/C20H22N2O5/c1-20(2,3)27-19(24)21-11-13-4-6-14(7-5-13)18(23)22-15-8-9-16-17(10-15)26-12-25-16/h4-10H,11-12H2,1-3H3,(H,21,24)(H,22,23). The van der Waals surface area contributed by atoms with E-state index >= 15 is 0 Å². The molecule has 0 saturated carbocycles. The molecule has 0 unspecified atom stereocenters. The molecular weight excluding hydrogens is 348 g/mol. The van der Waals surface area contributed by atoms with Crippen molar-refractivity contribution in [2.75, 3.05) is 12.1 Å². The number of alkyl carbamates (subject to hydrolysis) is 1. The van der Waals surface area contributed by atoms with Crippen LogP contribution in [0.2, 0.25) is 0 Å². The third-order valence-corrected chi connectivity index (χ3v) is 3.68. The molecule has 2 N–H and O–H groups in total.